The van der Waals surface area contributed by atoms with Crippen molar-refractivity contribution < 1.29 is 27.8 Å². The summed E-state index contributed by atoms with van der Waals surface area (Å²) < 4.78 is 39.8. The molecule has 1 aromatic carbocycles. The topological polar surface area (TPSA) is 58.6 Å². The molecule has 0 spiro atoms. The van der Waals surface area contributed by atoms with Crippen LogP contribution in [0.4, 0.5) is 18.9 Å². The SMILES string of the molecule is O=C(COCC(F)(F)F)Nc1cccc(C#CCCO)c1. The second kappa shape index (κ2) is 8.29. The molecule has 0 aliphatic heterocycles. The Morgan fingerprint density at radius 2 is 2.14 bits per heavy atom. The fourth-order valence-electron chi connectivity index (χ4n) is 1.35. The molecule has 0 aliphatic rings. The predicted molar refractivity (Wildman–Crippen MR) is 70.5 cm³/mol. The summed E-state index contributed by atoms with van der Waals surface area (Å²) in [5.74, 6) is 4.82. The van der Waals surface area contributed by atoms with Crippen LogP contribution in [0.15, 0.2) is 24.3 Å². The summed E-state index contributed by atoms with van der Waals surface area (Å²) in [6.07, 6.45) is -4.12. The van der Waals surface area contributed by atoms with E-state index in [1.807, 2.05) is 0 Å². The van der Waals surface area contributed by atoms with Gasteiger partial charge in [0.1, 0.15) is 13.2 Å². The summed E-state index contributed by atoms with van der Waals surface area (Å²) in [5.41, 5.74) is 1.03. The van der Waals surface area contributed by atoms with Gasteiger partial charge in [0, 0.05) is 17.7 Å². The van der Waals surface area contributed by atoms with E-state index in [4.69, 9.17) is 5.11 Å². The molecule has 0 fully saturated rings. The number of rotatable bonds is 5. The van der Waals surface area contributed by atoms with Gasteiger partial charge in [-0.1, -0.05) is 17.9 Å². The second-order valence-electron chi connectivity index (χ2n) is 4.01. The molecule has 0 saturated heterocycles. The maximum absolute atomic E-state index is 11.8. The summed E-state index contributed by atoms with van der Waals surface area (Å²) in [6.45, 7) is -2.19. The first-order valence-corrected chi connectivity index (χ1v) is 6.05. The molecular formula is C14H14F3NO3. The lowest BCUT2D eigenvalue weighted by Crippen LogP contribution is -2.23. The Balaban J connectivity index is 2.49. The first-order chi connectivity index (χ1) is 9.90. The Hall–Kier alpha value is -2.04. The molecule has 1 aromatic rings. The molecular weight excluding hydrogens is 287 g/mol. The highest BCUT2D eigenvalue weighted by Crippen LogP contribution is 2.14. The van der Waals surface area contributed by atoms with Gasteiger partial charge in [-0.05, 0) is 18.2 Å². The number of hydrogen-bond donors (Lipinski definition) is 2. The van der Waals surface area contributed by atoms with Crippen LogP contribution < -0.4 is 5.32 Å². The molecule has 0 radical (unpaired) electrons. The second-order valence-corrected chi connectivity index (χ2v) is 4.01. The first kappa shape index (κ1) is 17.0. The van der Waals surface area contributed by atoms with Crippen molar-refractivity contribution in [2.75, 3.05) is 25.1 Å². The third-order valence-electron chi connectivity index (χ3n) is 2.11. The van der Waals surface area contributed by atoms with Crippen LogP contribution in [0.5, 0.6) is 0 Å². The fraction of sp³-hybridized carbons (Fsp3) is 0.357. The normalized spacial score (nSPS) is 10.7. The molecule has 0 unspecified atom stereocenters. The number of alkyl halides is 3. The van der Waals surface area contributed by atoms with Gasteiger partial charge in [-0.3, -0.25) is 4.79 Å². The number of carbonyl (C=O) groups is 1. The molecule has 4 nitrogen and oxygen atoms in total. The lowest BCUT2D eigenvalue weighted by Gasteiger charge is -2.08. The van der Waals surface area contributed by atoms with Crippen molar-refractivity contribution in [2.45, 2.75) is 12.6 Å². The van der Waals surface area contributed by atoms with Crippen molar-refractivity contribution in [3.05, 3.63) is 29.8 Å². The van der Waals surface area contributed by atoms with Crippen molar-refractivity contribution in [2.24, 2.45) is 0 Å². The lowest BCUT2D eigenvalue weighted by atomic mass is 10.2. The molecule has 0 atom stereocenters. The molecule has 0 aliphatic carbocycles. The van der Waals surface area contributed by atoms with Crippen LogP contribution >= 0.6 is 0 Å². The quantitative estimate of drug-likeness (QED) is 0.817. The van der Waals surface area contributed by atoms with Gasteiger partial charge >= 0.3 is 6.18 Å². The maximum atomic E-state index is 11.8. The van der Waals surface area contributed by atoms with Crippen LogP contribution in [-0.4, -0.2) is 37.0 Å². The van der Waals surface area contributed by atoms with Crippen LogP contribution in [0, 0.1) is 11.8 Å². The Bertz CT molecular complexity index is 532. The van der Waals surface area contributed by atoms with Gasteiger partial charge in [-0.25, -0.2) is 0 Å². The Kier molecular flexibility index (Phi) is 6.72. The van der Waals surface area contributed by atoms with Gasteiger partial charge in [0.2, 0.25) is 5.91 Å². The van der Waals surface area contributed by atoms with E-state index >= 15 is 0 Å². The minimum absolute atomic E-state index is 0.0417. The zero-order valence-electron chi connectivity index (χ0n) is 11.0. The number of hydrogen-bond acceptors (Lipinski definition) is 3. The van der Waals surface area contributed by atoms with Crippen molar-refractivity contribution in [1.29, 1.82) is 0 Å². The standard InChI is InChI=1S/C14H14F3NO3/c15-14(16,17)10-21-9-13(20)18-12-6-3-5-11(8-12)4-1-2-7-19/h3,5-6,8,19H,2,7,9-10H2,(H,18,20). The highest BCUT2D eigenvalue weighted by atomic mass is 19.4. The zero-order chi connectivity index (χ0) is 15.7. The number of ether oxygens (including phenoxy) is 1. The number of amides is 1. The molecule has 0 saturated carbocycles. The van der Waals surface area contributed by atoms with Gasteiger partial charge in [0.15, 0.2) is 0 Å². The third kappa shape index (κ3) is 7.97. The Morgan fingerprint density at radius 3 is 2.81 bits per heavy atom. The number of nitrogens with one attached hydrogen (secondary N) is 1. The molecule has 1 amide bonds. The molecule has 21 heavy (non-hydrogen) atoms. The van der Waals surface area contributed by atoms with Crippen LogP contribution in [0.25, 0.3) is 0 Å². The van der Waals surface area contributed by atoms with E-state index in [2.05, 4.69) is 21.9 Å². The molecule has 0 bridgehead atoms. The number of halogens is 3. The average molecular weight is 301 g/mol. The van der Waals surface area contributed by atoms with Gasteiger partial charge in [-0.2, -0.15) is 13.2 Å². The van der Waals surface area contributed by atoms with Gasteiger partial charge in [-0.15, -0.1) is 0 Å². The van der Waals surface area contributed by atoms with E-state index in [9.17, 15) is 18.0 Å². The lowest BCUT2D eigenvalue weighted by molar-refractivity contribution is -0.174. The van der Waals surface area contributed by atoms with Crippen molar-refractivity contribution in [3.63, 3.8) is 0 Å². The predicted octanol–water partition coefficient (Wildman–Crippen LogP) is 1.94. The number of carbonyl (C=O) groups excluding carboxylic acids is 1. The average Bonchev–Trinajstić information content (AvgIpc) is 2.38. The monoisotopic (exact) mass is 301 g/mol. The summed E-state index contributed by atoms with van der Waals surface area (Å²) in [6, 6.07) is 6.51. The number of benzene rings is 1. The van der Waals surface area contributed by atoms with Crippen LogP contribution in [-0.2, 0) is 9.53 Å². The van der Waals surface area contributed by atoms with E-state index < -0.39 is 25.3 Å². The van der Waals surface area contributed by atoms with Crippen molar-refractivity contribution in [3.8, 4) is 11.8 Å². The maximum Gasteiger partial charge on any atom is 0.411 e. The van der Waals surface area contributed by atoms with E-state index in [1.54, 1.807) is 24.3 Å². The smallest absolute Gasteiger partial charge is 0.395 e. The van der Waals surface area contributed by atoms with Crippen LogP contribution in [0.3, 0.4) is 0 Å². The Morgan fingerprint density at radius 1 is 1.38 bits per heavy atom. The summed E-state index contributed by atoms with van der Waals surface area (Å²) >= 11 is 0. The molecule has 0 heterocycles. The number of aliphatic hydroxyl groups excluding tert-OH is 1. The first-order valence-electron chi connectivity index (χ1n) is 6.05. The molecule has 7 heteroatoms. The Labute approximate surface area is 119 Å². The summed E-state index contributed by atoms with van der Waals surface area (Å²) in [4.78, 5) is 11.4. The minimum Gasteiger partial charge on any atom is -0.395 e. The number of aliphatic hydroxyl groups is 1. The van der Waals surface area contributed by atoms with E-state index in [0.29, 0.717) is 17.7 Å². The largest absolute Gasteiger partial charge is 0.411 e. The molecule has 0 aromatic heterocycles. The van der Waals surface area contributed by atoms with Gasteiger partial charge < -0.3 is 15.2 Å². The zero-order valence-corrected chi connectivity index (χ0v) is 11.0. The third-order valence-corrected chi connectivity index (χ3v) is 2.11. The molecule has 2 N–H and O–H groups in total. The highest BCUT2D eigenvalue weighted by Gasteiger charge is 2.27. The van der Waals surface area contributed by atoms with E-state index in [0.717, 1.165) is 0 Å². The molecule has 114 valence electrons. The van der Waals surface area contributed by atoms with Crippen molar-refractivity contribution >= 4 is 11.6 Å². The van der Waals surface area contributed by atoms with Gasteiger partial charge in [0.05, 0.1) is 6.61 Å². The van der Waals surface area contributed by atoms with Crippen LogP contribution in [0.1, 0.15) is 12.0 Å². The highest BCUT2D eigenvalue weighted by molar-refractivity contribution is 5.91. The van der Waals surface area contributed by atoms with Gasteiger partial charge in [0.25, 0.3) is 0 Å². The van der Waals surface area contributed by atoms with E-state index in [-0.39, 0.29) is 6.61 Å². The van der Waals surface area contributed by atoms with Crippen molar-refractivity contribution in [1.82, 2.24) is 0 Å². The summed E-state index contributed by atoms with van der Waals surface area (Å²) in [7, 11) is 0. The molecule has 1 rings (SSSR count). The van der Waals surface area contributed by atoms with E-state index in [1.165, 1.54) is 0 Å². The minimum atomic E-state index is -4.46. The fourth-order valence-corrected chi connectivity index (χ4v) is 1.35. The van der Waals surface area contributed by atoms with Crippen LogP contribution in [0.2, 0.25) is 0 Å². The number of anilines is 1. The summed E-state index contributed by atoms with van der Waals surface area (Å²) in [5, 5.41) is 11.0.